The molecule has 0 spiro atoms. The van der Waals surface area contributed by atoms with Crippen molar-refractivity contribution in [2.75, 3.05) is 21.3 Å². The monoisotopic (exact) mass is 315 g/mol. The summed E-state index contributed by atoms with van der Waals surface area (Å²) in [5.41, 5.74) is 1.32. The third-order valence-electron chi connectivity index (χ3n) is 3.45. The minimum atomic E-state index is -1.10. The molecule has 0 aromatic heterocycles. The van der Waals surface area contributed by atoms with Crippen LogP contribution in [0.1, 0.15) is 20.7 Å². The molecular weight excluding hydrogens is 298 g/mol. The number of carboxylic acid groups (broad SMARTS) is 1. The van der Waals surface area contributed by atoms with Crippen LogP contribution in [0.15, 0.2) is 36.4 Å². The molecule has 0 fully saturated rings. The molecule has 2 aromatic carbocycles. The van der Waals surface area contributed by atoms with E-state index in [9.17, 15) is 14.7 Å². The first-order valence-corrected chi connectivity index (χ1v) is 6.83. The number of carbonyl (C=O) groups is 2. The van der Waals surface area contributed by atoms with Crippen LogP contribution in [0.4, 0.5) is 0 Å². The third-order valence-corrected chi connectivity index (χ3v) is 3.45. The molecule has 0 saturated heterocycles. The van der Waals surface area contributed by atoms with Crippen molar-refractivity contribution in [1.82, 2.24) is 5.32 Å². The lowest BCUT2D eigenvalue weighted by Crippen LogP contribution is -2.19. The SMILES string of the molecule is CNC(=O)c1cc(OC)ccc1-c1ccc(OC)cc1C(=O)O. The number of benzene rings is 2. The van der Waals surface area contributed by atoms with Gasteiger partial charge >= 0.3 is 5.97 Å². The van der Waals surface area contributed by atoms with E-state index in [0.717, 1.165) is 0 Å². The van der Waals surface area contributed by atoms with Gasteiger partial charge in [-0.3, -0.25) is 4.79 Å². The number of ether oxygens (including phenoxy) is 2. The fourth-order valence-corrected chi connectivity index (χ4v) is 2.27. The Morgan fingerprint density at radius 1 is 0.913 bits per heavy atom. The van der Waals surface area contributed by atoms with Crippen LogP contribution in [0.25, 0.3) is 11.1 Å². The van der Waals surface area contributed by atoms with Gasteiger partial charge in [0.1, 0.15) is 11.5 Å². The molecule has 0 atom stereocenters. The van der Waals surface area contributed by atoms with Crippen molar-refractivity contribution in [3.8, 4) is 22.6 Å². The van der Waals surface area contributed by atoms with Gasteiger partial charge in [-0.1, -0.05) is 0 Å². The molecule has 0 aliphatic rings. The number of aromatic carboxylic acids is 1. The highest BCUT2D eigenvalue weighted by Gasteiger charge is 2.19. The Morgan fingerprint density at radius 2 is 1.39 bits per heavy atom. The van der Waals surface area contributed by atoms with Gasteiger partial charge in [0.2, 0.25) is 0 Å². The molecule has 0 aliphatic heterocycles. The standard InChI is InChI=1S/C17H17NO5/c1-18-16(19)14-8-10(22-2)4-6-12(14)13-7-5-11(23-3)9-15(13)17(20)21/h4-9H,1-3H3,(H,18,19)(H,20,21). The van der Waals surface area contributed by atoms with E-state index in [-0.39, 0.29) is 11.5 Å². The summed E-state index contributed by atoms with van der Waals surface area (Å²) in [6, 6.07) is 9.62. The summed E-state index contributed by atoms with van der Waals surface area (Å²) in [5.74, 6) is -0.484. The van der Waals surface area contributed by atoms with E-state index in [4.69, 9.17) is 9.47 Å². The summed E-state index contributed by atoms with van der Waals surface area (Å²) >= 11 is 0. The summed E-state index contributed by atoms with van der Waals surface area (Å²) in [6.45, 7) is 0. The number of hydrogen-bond acceptors (Lipinski definition) is 4. The number of carboxylic acids is 1. The number of methoxy groups -OCH3 is 2. The van der Waals surface area contributed by atoms with Gasteiger partial charge in [-0.15, -0.1) is 0 Å². The van der Waals surface area contributed by atoms with E-state index in [0.29, 0.717) is 28.2 Å². The van der Waals surface area contributed by atoms with E-state index in [1.807, 2.05) is 0 Å². The van der Waals surface area contributed by atoms with Gasteiger partial charge in [0.15, 0.2) is 0 Å². The van der Waals surface area contributed by atoms with Gasteiger partial charge in [0.25, 0.3) is 5.91 Å². The Bertz CT molecular complexity index is 755. The Labute approximate surface area is 133 Å². The molecule has 6 heteroatoms. The van der Waals surface area contributed by atoms with Crippen molar-refractivity contribution in [2.24, 2.45) is 0 Å². The van der Waals surface area contributed by atoms with Gasteiger partial charge in [0, 0.05) is 7.05 Å². The second-order valence-electron chi connectivity index (χ2n) is 4.71. The van der Waals surface area contributed by atoms with Crippen molar-refractivity contribution >= 4 is 11.9 Å². The van der Waals surface area contributed by atoms with Crippen LogP contribution in [0, 0.1) is 0 Å². The minimum absolute atomic E-state index is 0.0552. The minimum Gasteiger partial charge on any atom is -0.497 e. The normalized spacial score (nSPS) is 10.0. The highest BCUT2D eigenvalue weighted by Crippen LogP contribution is 2.32. The molecule has 1 amide bonds. The molecule has 6 nitrogen and oxygen atoms in total. The lowest BCUT2D eigenvalue weighted by molar-refractivity contribution is 0.0697. The van der Waals surface area contributed by atoms with E-state index < -0.39 is 5.97 Å². The summed E-state index contributed by atoms with van der Waals surface area (Å²) < 4.78 is 10.2. The van der Waals surface area contributed by atoms with Crippen molar-refractivity contribution < 1.29 is 24.2 Å². The van der Waals surface area contributed by atoms with Gasteiger partial charge < -0.3 is 19.9 Å². The van der Waals surface area contributed by atoms with Crippen LogP contribution in [-0.2, 0) is 0 Å². The average molecular weight is 315 g/mol. The predicted molar refractivity (Wildman–Crippen MR) is 85.3 cm³/mol. The van der Waals surface area contributed by atoms with Gasteiger partial charge in [-0.25, -0.2) is 4.79 Å². The molecule has 0 unspecified atom stereocenters. The van der Waals surface area contributed by atoms with Gasteiger partial charge in [0.05, 0.1) is 25.3 Å². The van der Waals surface area contributed by atoms with Crippen LogP contribution in [0.3, 0.4) is 0 Å². The first-order chi connectivity index (χ1) is 11.0. The van der Waals surface area contributed by atoms with Gasteiger partial charge in [-0.2, -0.15) is 0 Å². The summed E-state index contributed by atoms with van der Waals surface area (Å²) in [5, 5.41) is 12.0. The fraction of sp³-hybridized carbons (Fsp3) is 0.176. The Kier molecular flexibility index (Phi) is 4.85. The Hall–Kier alpha value is -3.02. The second kappa shape index (κ2) is 6.83. The zero-order chi connectivity index (χ0) is 17.0. The maximum atomic E-state index is 12.1. The first kappa shape index (κ1) is 16.4. The quantitative estimate of drug-likeness (QED) is 0.885. The van der Waals surface area contributed by atoms with E-state index in [1.54, 1.807) is 30.3 Å². The topological polar surface area (TPSA) is 84.9 Å². The lowest BCUT2D eigenvalue weighted by atomic mass is 9.94. The summed E-state index contributed by atoms with van der Waals surface area (Å²) in [7, 11) is 4.47. The number of carbonyl (C=O) groups excluding carboxylic acids is 1. The smallest absolute Gasteiger partial charge is 0.336 e. The molecule has 23 heavy (non-hydrogen) atoms. The summed E-state index contributed by atoms with van der Waals surface area (Å²) in [4.78, 5) is 23.7. The maximum absolute atomic E-state index is 12.1. The maximum Gasteiger partial charge on any atom is 0.336 e. The molecule has 0 heterocycles. The second-order valence-corrected chi connectivity index (χ2v) is 4.71. The van der Waals surface area contributed by atoms with Crippen molar-refractivity contribution in [3.63, 3.8) is 0 Å². The molecule has 2 aromatic rings. The van der Waals surface area contributed by atoms with Crippen molar-refractivity contribution in [3.05, 3.63) is 47.5 Å². The molecule has 0 radical (unpaired) electrons. The molecule has 0 bridgehead atoms. The first-order valence-electron chi connectivity index (χ1n) is 6.83. The number of rotatable bonds is 5. The third kappa shape index (κ3) is 3.26. The van der Waals surface area contributed by atoms with E-state index >= 15 is 0 Å². The number of amides is 1. The highest BCUT2D eigenvalue weighted by atomic mass is 16.5. The summed E-state index contributed by atoms with van der Waals surface area (Å²) in [6.07, 6.45) is 0. The van der Waals surface area contributed by atoms with Gasteiger partial charge in [-0.05, 0) is 47.5 Å². The Morgan fingerprint density at radius 3 is 1.83 bits per heavy atom. The molecule has 2 rings (SSSR count). The fourth-order valence-electron chi connectivity index (χ4n) is 2.27. The van der Waals surface area contributed by atoms with Crippen LogP contribution < -0.4 is 14.8 Å². The lowest BCUT2D eigenvalue weighted by Gasteiger charge is -2.13. The molecule has 0 saturated carbocycles. The average Bonchev–Trinajstić information content (AvgIpc) is 2.59. The Balaban J connectivity index is 2.70. The number of hydrogen-bond donors (Lipinski definition) is 2. The zero-order valence-corrected chi connectivity index (χ0v) is 13.0. The molecule has 2 N–H and O–H groups in total. The van der Waals surface area contributed by atoms with Crippen molar-refractivity contribution in [2.45, 2.75) is 0 Å². The van der Waals surface area contributed by atoms with E-state index in [2.05, 4.69) is 5.32 Å². The van der Waals surface area contributed by atoms with Crippen LogP contribution >= 0.6 is 0 Å². The van der Waals surface area contributed by atoms with Crippen LogP contribution in [-0.4, -0.2) is 38.3 Å². The molecular formula is C17H17NO5. The zero-order valence-electron chi connectivity index (χ0n) is 13.0. The predicted octanol–water partition coefficient (Wildman–Crippen LogP) is 2.43. The highest BCUT2D eigenvalue weighted by molar-refractivity contribution is 6.05. The van der Waals surface area contributed by atoms with Crippen LogP contribution in [0.2, 0.25) is 0 Å². The number of nitrogens with one attached hydrogen (secondary N) is 1. The van der Waals surface area contributed by atoms with Crippen LogP contribution in [0.5, 0.6) is 11.5 Å². The van der Waals surface area contributed by atoms with E-state index in [1.165, 1.54) is 27.3 Å². The molecule has 120 valence electrons. The largest absolute Gasteiger partial charge is 0.497 e. The van der Waals surface area contributed by atoms with Crippen molar-refractivity contribution in [1.29, 1.82) is 0 Å². The molecule has 0 aliphatic carbocycles.